The van der Waals surface area contributed by atoms with Crippen molar-refractivity contribution >= 4 is 28.9 Å². The predicted molar refractivity (Wildman–Crippen MR) is 109 cm³/mol. The van der Waals surface area contributed by atoms with Gasteiger partial charge in [0.15, 0.2) is 0 Å². The van der Waals surface area contributed by atoms with Crippen LogP contribution in [-0.2, 0) is 4.79 Å². The van der Waals surface area contributed by atoms with Crippen LogP contribution in [0.3, 0.4) is 0 Å². The number of fused-ring (bicyclic) bond motifs is 1. The number of hydrogen-bond acceptors (Lipinski definition) is 5. The lowest BCUT2D eigenvalue weighted by molar-refractivity contribution is -0.385. The highest BCUT2D eigenvalue weighted by Crippen LogP contribution is 2.38. The van der Waals surface area contributed by atoms with Gasteiger partial charge >= 0.3 is 0 Å². The molecule has 1 heterocycles. The molecule has 0 unspecified atom stereocenters. The highest BCUT2D eigenvalue weighted by molar-refractivity contribution is 6.08. The molecule has 3 rings (SSSR count). The Kier molecular flexibility index (Phi) is 5.36. The first kappa shape index (κ1) is 20.1. The number of nitro benzene ring substituents is 1. The third kappa shape index (κ3) is 3.96. The quantitative estimate of drug-likeness (QED) is 0.471. The zero-order valence-electron chi connectivity index (χ0n) is 16.2. The summed E-state index contributed by atoms with van der Waals surface area (Å²) in [7, 11) is 0. The fourth-order valence-electron chi connectivity index (χ4n) is 3.06. The van der Waals surface area contributed by atoms with Gasteiger partial charge in [-0.3, -0.25) is 19.7 Å². The van der Waals surface area contributed by atoms with E-state index in [-0.39, 0.29) is 30.3 Å². The lowest BCUT2D eigenvalue weighted by Gasteiger charge is -2.27. The minimum atomic E-state index is -0.726. The van der Waals surface area contributed by atoms with Crippen molar-refractivity contribution in [3.8, 4) is 5.75 Å². The van der Waals surface area contributed by atoms with E-state index >= 15 is 0 Å². The van der Waals surface area contributed by atoms with Crippen LogP contribution in [-0.4, -0.2) is 29.9 Å². The number of rotatable bonds is 5. The van der Waals surface area contributed by atoms with E-state index in [0.29, 0.717) is 17.1 Å². The Hall–Kier alpha value is -3.68. The molecule has 0 atom stereocenters. The van der Waals surface area contributed by atoms with Gasteiger partial charge in [0.1, 0.15) is 17.9 Å². The van der Waals surface area contributed by atoms with E-state index in [0.717, 1.165) is 0 Å². The monoisotopic (exact) mass is 395 g/mol. The second kappa shape index (κ2) is 7.75. The van der Waals surface area contributed by atoms with Gasteiger partial charge in [0.05, 0.1) is 16.0 Å². The Bertz CT molecular complexity index is 1000. The maximum Gasteiger partial charge on any atom is 0.282 e. The van der Waals surface area contributed by atoms with Crippen LogP contribution in [0, 0.1) is 15.5 Å². The Labute approximate surface area is 167 Å². The molecule has 0 aromatic heterocycles. The Morgan fingerprint density at radius 2 is 2.07 bits per heavy atom. The molecule has 2 aromatic carbocycles. The third-order valence-electron chi connectivity index (χ3n) is 4.58. The van der Waals surface area contributed by atoms with Crippen LogP contribution in [0.4, 0.5) is 17.1 Å². The molecule has 150 valence electrons. The molecule has 8 nitrogen and oxygen atoms in total. The molecule has 0 bridgehead atoms. The number of carbonyl (C=O) groups is 2. The lowest BCUT2D eigenvalue weighted by atomic mass is 9.93. The normalized spacial score (nSPS) is 15.0. The number of hydrogen-bond donors (Lipinski definition) is 1. The Morgan fingerprint density at radius 1 is 1.34 bits per heavy atom. The number of nitro groups is 1. The van der Waals surface area contributed by atoms with Gasteiger partial charge in [0.25, 0.3) is 11.6 Å². The Morgan fingerprint density at radius 3 is 2.76 bits per heavy atom. The minimum absolute atomic E-state index is 0.0520. The van der Waals surface area contributed by atoms with Crippen LogP contribution >= 0.6 is 0 Å². The summed E-state index contributed by atoms with van der Waals surface area (Å²) in [5, 5.41) is 13.8. The molecule has 0 saturated carbocycles. The minimum Gasteiger partial charge on any atom is -0.490 e. The van der Waals surface area contributed by atoms with Gasteiger partial charge in [-0.15, -0.1) is 6.58 Å². The summed E-state index contributed by atoms with van der Waals surface area (Å²) in [4.78, 5) is 37.7. The van der Waals surface area contributed by atoms with Crippen molar-refractivity contribution in [2.75, 3.05) is 23.4 Å². The van der Waals surface area contributed by atoms with E-state index in [2.05, 4.69) is 11.9 Å². The van der Waals surface area contributed by atoms with E-state index in [1.54, 1.807) is 49.1 Å². The summed E-state index contributed by atoms with van der Waals surface area (Å²) < 4.78 is 5.81. The molecule has 0 fully saturated rings. The molecule has 29 heavy (non-hydrogen) atoms. The number of carbonyl (C=O) groups excluding carboxylic acids is 2. The summed E-state index contributed by atoms with van der Waals surface area (Å²) in [5.74, 6) is -0.235. The van der Waals surface area contributed by atoms with Gasteiger partial charge in [-0.2, -0.15) is 0 Å². The van der Waals surface area contributed by atoms with Crippen LogP contribution in [0.1, 0.15) is 24.2 Å². The molecule has 0 saturated heterocycles. The van der Waals surface area contributed by atoms with Gasteiger partial charge in [-0.1, -0.05) is 18.2 Å². The van der Waals surface area contributed by atoms with Crippen molar-refractivity contribution < 1.29 is 19.2 Å². The number of amides is 2. The number of ether oxygens (including phenoxy) is 1. The fraction of sp³-hybridized carbons (Fsp3) is 0.238. The second-order valence-corrected chi connectivity index (χ2v) is 7.29. The van der Waals surface area contributed by atoms with Crippen molar-refractivity contribution in [3.05, 3.63) is 70.8 Å². The molecule has 1 aliphatic heterocycles. The lowest BCUT2D eigenvalue weighted by Crippen LogP contribution is -2.42. The van der Waals surface area contributed by atoms with Crippen LogP contribution in [0.25, 0.3) is 0 Å². The molecular formula is C21H21N3O5. The summed E-state index contributed by atoms with van der Waals surface area (Å²) in [6, 6.07) is 10.6. The Balaban J connectivity index is 1.96. The molecule has 8 heteroatoms. The predicted octanol–water partition coefficient (Wildman–Crippen LogP) is 3.78. The molecule has 1 N–H and O–H groups in total. The summed E-state index contributed by atoms with van der Waals surface area (Å²) in [6.45, 7) is 7.80. The second-order valence-electron chi connectivity index (χ2n) is 7.29. The number of benzene rings is 2. The molecule has 1 aliphatic rings. The van der Waals surface area contributed by atoms with E-state index in [1.165, 1.54) is 18.2 Å². The first-order valence-corrected chi connectivity index (χ1v) is 8.99. The number of anilines is 2. The van der Waals surface area contributed by atoms with Crippen molar-refractivity contribution in [1.29, 1.82) is 0 Å². The molecular weight excluding hydrogens is 374 g/mol. The summed E-state index contributed by atoms with van der Waals surface area (Å²) >= 11 is 0. The highest BCUT2D eigenvalue weighted by Gasteiger charge is 2.37. The molecule has 0 aliphatic carbocycles. The van der Waals surface area contributed by atoms with Crippen molar-refractivity contribution in [1.82, 2.24) is 0 Å². The SMILES string of the molecule is C=CCN1C(=O)C(C)(C)COc2ccc(NC(=O)c3ccccc3[N+](=O)[O-])cc21. The summed E-state index contributed by atoms with van der Waals surface area (Å²) in [6.07, 6.45) is 1.61. The van der Waals surface area contributed by atoms with E-state index < -0.39 is 16.2 Å². The van der Waals surface area contributed by atoms with Crippen molar-refractivity contribution in [3.63, 3.8) is 0 Å². The standard InChI is InChI=1S/C21H21N3O5/c1-4-11-23-17-12-14(9-10-18(17)29-13-21(2,3)20(23)26)22-19(25)15-7-5-6-8-16(15)24(27)28/h4-10,12H,1,11,13H2,2-3H3,(H,22,25). The van der Waals surface area contributed by atoms with Gasteiger partial charge in [-0.05, 0) is 38.1 Å². The maximum absolute atomic E-state index is 12.9. The summed E-state index contributed by atoms with van der Waals surface area (Å²) in [5.41, 5.74) is -0.175. The van der Waals surface area contributed by atoms with E-state index in [4.69, 9.17) is 4.74 Å². The number of nitrogens with one attached hydrogen (secondary N) is 1. The number of para-hydroxylation sites is 1. The van der Waals surface area contributed by atoms with Crippen molar-refractivity contribution in [2.24, 2.45) is 5.41 Å². The van der Waals surface area contributed by atoms with Gasteiger partial charge in [0, 0.05) is 18.3 Å². The first-order chi connectivity index (χ1) is 13.7. The van der Waals surface area contributed by atoms with E-state index in [1.807, 2.05) is 0 Å². The van der Waals surface area contributed by atoms with Gasteiger partial charge in [0.2, 0.25) is 5.91 Å². The molecule has 2 aromatic rings. The van der Waals surface area contributed by atoms with Gasteiger partial charge < -0.3 is 15.0 Å². The first-order valence-electron chi connectivity index (χ1n) is 8.99. The van der Waals surface area contributed by atoms with Gasteiger partial charge in [-0.25, -0.2) is 0 Å². The molecule has 0 spiro atoms. The van der Waals surface area contributed by atoms with E-state index in [9.17, 15) is 19.7 Å². The molecule has 0 radical (unpaired) electrons. The van der Waals surface area contributed by atoms with Crippen LogP contribution in [0.5, 0.6) is 5.75 Å². The van der Waals surface area contributed by atoms with Crippen LogP contribution < -0.4 is 15.0 Å². The van der Waals surface area contributed by atoms with Crippen LogP contribution in [0.2, 0.25) is 0 Å². The third-order valence-corrected chi connectivity index (χ3v) is 4.58. The number of nitrogens with zero attached hydrogens (tertiary/aromatic N) is 2. The van der Waals surface area contributed by atoms with Crippen molar-refractivity contribution in [2.45, 2.75) is 13.8 Å². The average Bonchev–Trinajstić information content (AvgIpc) is 2.78. The maximum atomic E-state index is 12.9. The zero-order valence-corrected chi connectivity index (χ0v) is 16.2. The van der Waals surface area contributed by atoms with Crippen LogP contribution in [0.15, 0.2) is 55.1 Å². The topological polar surface area (TPSA) is 102 Å². The zero-order chi connectivity index (χ0) is 21.2. The largest absolute Gasteiger partial charge is 0.490 e. The average molecular weight is 395 g/mol. The highest BCUT2D eigenvalue weighted by atomic mass is 16.6. The molecule has 2 amide bonds. The smallest absolute Gasteiger partial charge is 0.282 e. The fourth-order valence-corrected chi connectivity index (χ4v) is 3.06.